The van der Waals surface area contributed by atoms with Gasteiger partial charge in [-0.3, -0.25) is 9.59 Å². The van der Waals surface area contributed by atoms with Crippen molar-refractivity contribution in [2.45, 2.75) is 33.8 Å². The first-order valence-electron chi connectivity index (χ1n) is 5.73. The SMILES string of the molecule is CC(=O)c1ccccc1[C@@H](C)OC(=O)C(C)C. The van der Waals surface area contributed by atoms with Gasteiger partial charge in [0.05, 0.1) is 5.92 Å². The first kappa shape index (κ1) is 13.4. The fourth-order valence-corrected chi connectivity index (χ4v) is 1.55. The first-order chi connectivity index (χ1) is 7.93. The number of rotatable bonds is 4. The zero-order chi connectivity index (χ0) is 13.0. The fourth-order valence-electron chi connectivity index (χ4n) is 1.55. The monoisotopic (exact) mass is 234 g/mol. The number of Topliss-reactive ketones (excluding diaryl/α,β-unsaturated/α-hetero) is 1. The van der Waals surface area contributed by atoms with Crippen molar-refractivity contribution in [2.75, 3.05) is 0 Å². The van der Waals surface area contributed by atoms with Crippen molar-refractivity contribution in [3.8, 4) is 0 Å². The normalized spacial score (nSPS) is 12.3. The summed E-state index contributed by atoms with van der Waals surface area (Å²) in [6, 6.07) is 7.20. The number of ether oxygens (including phenoxy) is 1. The lowest BCUT2D eigenvalue weighted by atomic mass is 10.0. The topological polar surface area (TPSA) is 43.4 Å². The van der Waals surface area contributed by atoms with E-state index in [1.54, 1.807) is 32.9 Å². The third-order valence-electron chi connectivity index (χ3n) is 2.54. The highest BCUT2D eigenvalue weighted by Gasteiger charge is 2.18. The Labute approximate surface area is 102 Å². The first-order valence-corrected chi connectivity index (χ1v) is 5.73. The van der Waals surface area contributed by atoms with Crippen LogP contribution in [0.2, 0.25) is 0 Å². The van der Waals surface area contributed by atoms with Gasteiger partial charge in [0, 0.05) is 11.1 Å². The number of benzene rings is 1. The minimum atomic E-state index is -0.398. The standard InChI is InChI=1S/C14H18O3/c1-9(2)14(16)17-11(4)13-8-6-5-7-12(13)10(3)15/h5-9,11H,1-4H3/t11-/m1/s1. The third kappa shape index (κ3) is 3.41. The van der Waals surface area contributed by atoms with Gasteiger partial charge in [0.15, 0.2) is 5.78 Å². The van der Waals surface area contributed by atoms with E-state index in [-0.39, 0.29) is 17.7 Å². The van der Waals surface area contributed by atoms with Crippen LogP contribution in [0.3, 0.4) is 0 Å². The van der Waals surface area contributed by atoms with Gasteiger partial charge in [0.2, 0.25) is 0 Å². The number of hydrogen-bond acceptors (Lipinski definition) is 3. The van der Waals surface area contributed by atoms with Crippen molar-refractivity contribution in [1.29, 1.82) is 0 Å². The van der Waals surface area contributed by atoms with Crippen LogP contribution in [0.4, 0.5) is 0 Å². The van der Waals surface area contributed by atoms with Crippen molar-refractivity contribution in [3.05, 3.63) is 35.4 Å². The van der Waals surface area contributed by atoms with Gasteiger partial charge in [-0.05, 0) is 13.8 Å². The van der Waals surface area contributed by atoms with Gasteiger partial charge in [-0.2, -0.15) is 0 Å². The van der Waals surface area contributed by atoms with Crippen molar-refractivity contribution >= 4 is 11.8 Å². The molecule has 0 saturated heterocycles. The molecule has 92 valence electrons. The molecule has 0 spiro atoms. The molecule has 0 N–H and O–H groups in total. The number of carbonyl (C=O) groups excluding carboxylic acids is 2. The van der Waals surface area contributed by atoms with Gasteiger partial charge in [0.25, 0.3) is 0 Å². The maximum Gasteiger partial charge on any atom is 0.308 e. The quantitative estimate of drug-likeness (QED) is 0.593. The zero-order valence-electron chi connectivity index (χ0n) is 10.7. The fraction of sp³-hybridized carbons (Fsp3) is 0.429. The van der Waals surface area contributed by atoms with E-state index in [0.717, 1.165) is 5.56 Å². The summed E-state index contributed by atoms with van der Waals surface area (Å²) in [5, 5.41) is 0. The Hall–Kier alpha value is -1.64. The number of hydrogen-bond donors (Lipinski definition) is 0. The molecule has 3 heteroatoms. The molecular weight excluding hydrogens is 216 g/mol. The average molecular weight is 234 g/mol. The second-order valence-electron chi connectivity index (χ2n) is 4.38. The Balaban J connectivity index is 2.92. The largest absolute Gasteiger partial charge is 0.458 e. The summed E-state index contributed by atoms with van der Waals surface area (Å²) in [6.45, 7) is 6.86. The van der Waals surface area contributed by atoms with Gasteiger partial charge < -0.3 is 4.74 Å². The molecule has 0 amide bonds. The van der Waals surface area contributed by atoms with Crippen molar-refractivity contribution in [1.82, 2.24) is 0 Å². The Morgan fingerprint density at radius 3 is 2.24 bits per heavy atom. The molecule has 1 atom stereocenters. The third-order valence-corrected chi connectivity index (χ3v) is 2.54. The number of carbonyl (C=O) groups is 2. The van der Waals surface area contributed by atoms with Crippen LogP contribution in [-0.4, -0.2) is 11.8 Å². The molecule has 0 fully saturated rings. The molecular formula is C14H18O3. The molecule has 0 bridgehead atoms. The molecule has 0 heterocycles. The second-order valence-corrected chi connectivity index (χ2v) is 4.38. The summed E-state index contributed by atoms with van der Waals surface area (Å²) in [5.74, 6) is -0.439. The summed E-state index contributed by atoms with van der Waals surface area (Å²) in [6.07, 6.45) is -0.398. The van der Waals surface area contributed by atoms with E-state index in [0.29, 0.717) is 5.56 Å². The van der Waals surface area contributed by atoms with Crippen LogP contribution in [0.1, 0.15) is 49.7 Å². The van der Waals surface area contributed by atoms with Crippen molar-refractivity contribution in [2.24, 2.45) is 5.92 Å². The molecule has 1 rings (SSSR count). The van der Waals surface area contributed by atoms with Crippen LogP contribution >= 0.6 is 0 Å². The van der Waals surface area contributed by atoms with Gasteiger partial charge in [-0.15, -0.1) is 0 Å². The maximum atomic E-state index is 11.5. The molecule has 1 aromatic carbocycles. The van der Waals surface area contributed by atoms with Gasteiger partial charge in [0.1, 0.15) is 6.10 Å². The molecule has 0 aromatic heterocycles. The van der Waals surface area contributed by atoms with E-state index >= 15 is 0 Å². The minimum absolute atomic E-state index is 0.0203. The van der Waals surface area contributed by atoms with Gasteiger partial charge >= 0.3 is 5.97 Å². The highest BCUT2D eigenvalue weighted by Crippen LogP contribution is 2.22. The molecule has 0 aliphatic carbocycles. The molecule has 1 aromatic rings. The summed E-state index contributed by atoms with van der Waals surface area (Å²) < 4.78 is 5.30. The van der Waals surface area contributed by atoms with E-state index in [4.69, 9.17) is 4.74 Å². The molecule has 0 radical (unpaired) electrons. The summed E-state index contributed by atoms with van der Waals surface area (Å²) >= 11 is 0. The Morgan fingerprint density at radius 1 is 1.12 bits per heavy atom. The molecule has 0 saturated carbocycles. The molecule has 0 aliphatic rings. The number of esters is 1. The highest BCUT2D eigenvalue weighted by molar-refractivity contribution is 5.95. The predicted molar refractivity (Wildman–Crippen MR) is 65.8 cm³/mol. The Bertz CT molecular complexity index is 421. The van der Waals surface area contributed by atoms with E-state index in [2.05, 4.69) is 0 Å². The molecule has 0 aliphatic heterocycles. The van der Waals surface area contributed by atoms with Crippen LogP contribution < -0.4 is 0 Å². The highest BCUT2D eigenvalue weighted by atomic mass is 16.5. The molecule has 0 unspecified atom stereocenters. The van der Waals surface area contributed by atoms with E-state index in [1.165, 1.54) is 6.92 Å². The van der Waals surface area contributed by atoms with Gasteiger partial charge in [-0.1, -0.05) is 38.1 Å². The Kier molecular flexibility index (Phi) is 4.44. The molecule has 3 nitrogen and oxygen atoms in total. The van der Waals surface area contributed by atoms with E-state index in [9.17, 15) is 9.59 Å². The lowest BCUT2D eigenvalue weighted by Crippen LogP contribution is -2.16. The van der Waals surface area contributed by atoms with Crippen LogP contribution in [0.5, 0.6) is 0 Å². The van der Waals surface area contributed by atoms with Crippen LogP contribution in [0, 0.1) is 5.92 Å². The summed E-state index contributed by atoms with van der Waals surface area (Å²) in [7, 11) is 0. The zero-order valence-corrected chi connectivity index (χ0v) is 10.7. The lowest BCUT2D eigenvalue weighted by Gasteiger charge is -2.17. The van der Waals surface area contributed by atoms with Crippen LogP contribution in [-0.2, 0) is 9.53 Å². The predicted octanol–water partition coefficient (Wildman–Crippen LogP) is 3.15. The van der Waals surface area contributed by atoms with E-state index < -0.39 is 6.10 Å². The van der Waals surface area contributed by atoms with Crippen LogP contribution in [0.25, 0.3) is 0 Å². The van der Waals surface area contributed by atoms with E-state index in [1.807, 2.05) is 12.1 Å². The summed E-state index contributed by atoms with van der Waals surface area (Å²) in [5.41, 5.74) is 1.37. The second kappa shape index (κ2) is 5.62. The lowest BCUT2D eigenvalue weighted by molar-refractivity contribution is -0.152. The summed E-state index contributed by atoms with van der Waals surface area (Å²) in [4.78, 5) is 23.0. The number of ketones is 1. The smallest absolute Gasteiger partial charge is 0.308 e. The van der Waals surface area contributed by atoms with Crippen molar-refractivity contribution in [3.63, 3.8) is 0 Å². The average Bonchev–Trinajstić information content (AvgIpc) is 2.28. The Morgan fingerprint density at radius 2 is 1.71 bits per heavy atom. The molecule has 17 heavy (non-hydrogen) atoms. The minimum Gasteiger partial charge on any atom is -0.458 e. The van der Waals surface area contributed by atoms with Crippen molar-refractivity contribution < 1.29 is 14.3 Å². The van der Waals surface area contributed by atoms with Gasteiger partial charge in [-0.25, -0.2) is 0 Å². The maximum absolute atomic E-state index is 11.5. The van der Waals surface area contributed by atoms with Crippen LogP contribution in [0.15, 0.2) is 24.3 Å².